The largest absolute Gasteiger partial charge is 0.508 e. The van der Waals surface area contributed by atoms with E-state index in [1.807, 2.05) is 0 Å². The third kappa shape index (κ3) is 4.43. The fourth-order valence-electron chi connectivity index (χ4n) is 2.74. The lowest BCUT2D eigenvalue weighted by atomic mass is 9.91. The Labute approximate surface area is 180 Å². The highest BCUT2D eigenvalue weighted by molar-refractivity contribution is 5.46. The standard InChI is InChI=1S/C18H10F12O4/c19-15(20,21)13(32,16(22,23)24)8-2-1-3-9(6-8)34-10-4-5-12(31)11(7-10)14(33,17(25,26)27)18(28,29)30/h1-7,31-33H. The molecular formula is C18H10F12O4. The number of ether oxygens (including phenoxy) is 1. The average Bonchev–Trinajstić information content (AvgIpc) is 2.65. The molecule has 0 aliphatic heterocycles. The summed E-state index contributed by atoms with van der Waals surface area (Å²) in [6, 6.07) is 1.94. The van der Waals surface area contributed by atoms with Gasteiger partial charge in [-0.1, -0.05) is 12.1 Å². The van der Waals surface area contributed by atoms with E-state index in [4.69, 9.17) is 4.74 Å². The van der Waals surface area contributed by atoms with Gasteiger partial charge in [0.25, 0.3) is 11.2 Å². The summed E-state index contributed by atoms with van der Waals surface area (Å²) in [5, 5.41) is 28.3. The number of hydrogen-bond donors (Lipinski definition) is 3. The van der Waals surface area contributed by atoms with Crippen molar-refractivity contribution in [3.8, 4) is 17.2 Å². The van der Waals surface area contributed by atoms with Crippen LogP contribution in [0.5, 0.6) is 17.2 Å². The first-order valence-corrected chi connectivity index (χ1v) is 8.41. The van der Waals surface area contributed by atoms with Crippen LogP contribution in [-0.4, -0.2) is 40.0 Å². The van der Waals surface area contributed by atoms with Gasteiger partial charge in [-0.2, -0.15) is 52.7 Å². The molecule has 0 unspecified atom stereocenters. The van der Waals surface area contributed by atoms with Gasteiger partial charge in [-0.05, 0) is 30.3 Å². The zero-order chi connectivity index (χ0) is 26.5. The molecule has 0 atom stereocenters. The van der Waals surface area contributed by atoms with Crippen LogP contribution in [0.15, 0.2) is 42.5 Å². The molecule has 0 aliphatic rings. The lowest BCUT2D eigenvalue weighted by Crippen LogP contribution is -2.54. The number of phenols is 1. The van der Waals surface area contributed by atoms with Gasteiger partial charge in [0.2, 0.25) is 0 Å². The quantitative estimate of drug-likeness (QED) is 0.447. The second kappa shape index (κ2) is 8.11. The molecule has 0 saturated heterocycles. The second-order valence-corrected chi connectivity index (χ2v) is 6.72. The Morgan fingerprint density at radius 1 is 0.559 bits per heavy atom. The maximum Gasteiger partial charge on any atom is 0.430 e. The van der Waals surface area contributed by atoms with Crippen LogP contribution in [0.3, 0.4) is 0 Å². The van der Waals surface area contributed by atoms with Gasteiger partial charge < -0.3 is 20.1 Å². The molecule has 0 spiro atoms. The molecule has 2 aromatic carbocycles. The molecule has 190 valence electrons. The Balaban J connectivity index is 2.60. The molecule has 4 nitrogen and oxygen atoms in total. The van der Waals surface area contributed by atoms with E-state index in [-0.39, 0.29) is 24.3 Å². The van der Waals surface area contributed by atoms with E-state index >= 15 is 0 Å². The van der Waals surface area contributed by atoms with Gasteiger partial charge >= 0.3 is 24.7 Å². The number of phenolic OH excluding ortho intramolecular Hbond substituents is 1. The van der Waals surface area contributed by atoms with Gasteiger partial charge in [0, 0.05) is 11.1 Å². The summed E-state index contributed by atoms with van der Waals surface area (Å²) in [5.74, 6) is -3.75. The predicted molar refractivity (Wildman–Crippen MR) is 86.6 cm³/mol. The molecule has 34 heavy (non-hydrogen) atoms. The number of hydrogen-bond acceptors (Lipinski definition) is 4. The van der Waals surface area contributed by atoms with Crippen LogP contribution in [0, 0.1) is 0 Å². The van der Waals surface area contributed by atoms with Crippen molar-refractivity contribution in [2.24, 2.45) is 0 Å². The fourth-order valence-corrected chi connectivity index (χ4v) is 2.74. The van der Waals surface area contributed by atoms with E-state index in [1.54, 1.807) is 0 Å². The van der Waals surface area contributed by atoms with Crippen LogP contribution in [0.1, 0.15) is 11.1 Å². The van der Waals surface area contributed by atoms with Gasteiger partial charge in [-0.3, -0.25) is 0 Å². The molecule has 0 aliphatic carbocycles. The van der Waals surface area contributed by atoms with Crippen molar-refractivity contribution >= 4 is 0 Å². The van der Waals surface area contributed by atoms with Gasteiger partial charge in [0.1, 0.15) is 17.2 Å². The van der Waals surface area contributed by atoms with Crippen LogP contribution >= 0.6 is 0 Å². The maximum absolute atomic E-state index is 13.1. The molecule has 0 radical (unpaired) electrons. The number of rotatable bonds is 4. The highest BCUT2D eigenvalue weighted by atomic mass is 19.4. The Kier molecular flexibility index (Phi) is 6.53. The zero-order valence-corrected chi connectivity index (χ0v) is 15.8. The molecule has 0 amide bonds. The van der Waals surface area contributed by atoms with Gasteiger partial charge in [-0.25, -0.2) is 0 Å². The smallest absolute Gasteiger partial charge is 0.430 e. The minimum absolute atomic E-state index is 0.00672. The second-order valence-electron chi connectivity index (χ2n) is 6.72. The van der Waals surface area contributed by atoms with Crippen LogP contribution in [0.2, 0.25) is 0 Å². The topological polar surface area (TPSA) is 69.9 Å². The predicted octanol–water partition coefficient (Wildman–Crippen LogP) is 5.81. The molecule has 0 heterocycles. The number of benzene rings is 2. The number of aliphatic hydroxyl groups is 2. The lowest BCUT2D eigenvalue weighted by molar-refractivity contribution is -0.377. The lowest BCUT2D eigenvalue weighted by Gasteiger charge is -2.33. The van der Waals surface area contributed by atoms with E-state index in [9.17, 15) is 68.0 Å². The summed E-state index contributed by atoms with van der Waals surface area (Å²) in [6.07, 6.45) is -25.4. The SMILES string of the molecule is Oc1ccc(Oc2cccc(C(O)(C(F)(F)F)C(F)(F)F)c2)cc1C(O)(C(F)(F)F)C(F)(F)F. The summed E-state index contributed by atoms with van der Waals surface area (Å²) >= 11 is 0. The minimum Gasteiger partial charge on any atom is -0.508 e. The summed E-state index contributed by atoms with van der Waals surface area (Å²) in [6.45, 7) is 0. The third-order valence-corrected chi connectivity index (χ3v) is 4.49. The first-order chi connectivity index (χ1) is 15.1. The van der Waals surface area contributed by atoms with E-state index in [0.717, 1.165) is 0 Å². The molecule has 3 N–H and O–H groups in total. The molecule has 2 aromatic rings. The Hall–Kier alpha value is -2.88. The zero-order valence-electron chi connectivity index (χ0n) is 15.8. The third-order valence-electron chi connectivity index (χ3n) is 4.49. The van der Waals surface area contributed by atoms with E-state index in [0.29, 0.717) is 18.2 Å². The van der Waals surface area contributed by atoms with Crippen molar-refractivity contribution in [2.75, 3.05) is 0 Å². The van der Waals surface area contributed by atoms with Gasteiger partial charge in [-0.15, -0.1) is 0 Å². The summed E-state index contributed by atoms with van der Waals surface area (Å²) in [5.41, 5.74) is -15.0. The van der Waals surface area contributed by atoms with Crippen LogP contribution in [0.4, 0.5) is 52.7 Å². The monoisotopic (exact) mass is 518 g/mol. The number of alkyl halides is 12. The van der Waals surface area contributed by atoms with Crippen molar-refractivity contribution in [1.29, 1.82) is 0 Å². The van der Waals surface area contributed by atoms with Crippen molar-refractivity contribution in [1.82, 2.24) is 0 Å². The van der Waals surface area contributed by atoms with Crippen LogP contribution < -0.4 is 4.74 Å². The average molecular weight is 518 g/mol. The molecule has 0 fully saturated rings. The molecule has 2 rings (SSSR count). The summed E-state index contributed by atoms with van der Waals surface area (Å²) < 4.78 is 161. The molecular weight excluding hydrogens is 508 g/mol. The maximum atomic E-state index is 13.1. The summed E-state index contributed by atoms with van der Waals surface area (Å²) in [4.78, 5) is 0. The van der Waals surface area contributed by atoms with Crippen molar-refractivity contribution in [3.05, 3.63) is 53.6 Å². The first kappa shape index (κ1) is 27.4. The minimum atomic E-state index is -6.42. The van der Waals surface area contributed by atoms with Crippen LogP contribution in [0.25, 0.3) is 0 Å². The Morgan fingerprint density at radius 3 is 1.44 bits per heavy atom. The highest BCUT2D eigenvalue weighted by Gasteiger charge is 2.73. The highest BCUT2D eigenvalue weighted by Crippen LogP contribution is 2.53. The van der Waals surface area contributed by atoms with Crippen molar-refractivity contribution in [3.63, 3.8) is 0 Å². The number of halogens is 12. The molecule has 16 heteroatoms. The number of aromatic hydroxyl groups is 1. The molecule has 0 aromatic heterocycles. The molecule has 0 bridgehead atoms. The normalized spacial score (nSPS) is 14.3. The van der Waals surface area contributed by atoms with Gasteiger partial charge in [0.05, 0.1) is 0 Å². The van der Waals surface area contributed by atoms with Crippen molar-refractivity contribution in [2.45, 2.75) is 35.9 Å². The summed E-state index contributed by atoms with van der Waals surface area (Å²) in [7, 11) is 0. The van der Waals surface area contributed by atoms with Crippen LogP contribution in [-0.2, 0) is 11.2 Å². The first-order valence-electron chi connectivity index (χ1n) is 8.41. The van der Waals surface area contributed by atoms with E-state index in [2.05, 4.69) is 0 Å². The fraction of sp³-hybridized carbons (Fsp3) is 0.333. The van der Waals surface area contributed by atoms with Crippen molar-refractivity contribution < 1.29 is 72.7 Å². The Bertz CT molecular complexity index is 1010. The van der Waals surface area contributed by atoms with E-state index < -0.39 is 64.3 Å². The Morgan fingerprint density at radius 2 is 1.00 bits per heavy atom. The van der Waals surface area contributed by atoms with E-state index in [1.165, 1.54) is 0 Å². The van der Waals surface area contributed by atoms with Gasteiger partial charge in [0.15, 0.2) is 0 Å². The molecule has 0 saturated carbocycles.